The predicted octanol–water partition coefficient (Wildman–Crippen LogP) is 4.16. The molecule has 0 aliphatic heterocycles. The molecule has 0 bridgehead atoms. The van der Waals surface area contributed by atoms with Gasteiger partial charge in [-0.2, -0.15) is 0 Å². The van der Waals surface area contributed by atoms with Crippen molar-refractivity contribution in [1.29, 1.82) is 0 Å². The fraction of sp³-hybridized carbons (Fsp3) is 0.429. The number of hydrogen-bond donors (Lipinski definition) is 0. The fourth-order valence-corrected chi connectivity index (χ4v) is 2.62. The van der Waals surface area contributed by atoms with Gasteiger partial charge in [-0.1, -0.05) is 25.4 Å². The number of ketones is 1. The molecule has 1 unspecified atom stereocenters. The molecule has 0 heterocycles. The number of hydrogen-bond acceptors (Lipinski definition) is 4. The monoisotopic (exact) mass is 396 g/mol. The average molecular weight is 398 g/mol. The molecular formula is C14H15BrCl2O4. The molecule has 0 aromatic heterocycles. The van der Waals surface area contributed by atoms with Crippen LogP contribution in [-0.2, 0) is 14.3 Å². The van der Waals surface area contributed by atoms with Gasteiger partial charge in [0, 0.05) is 39.2 Å². The number of ether oxygens (including phenoxy) is 2. The highest BCUT2D eigenvalue weighted by Gasteiger charge is 2.49. The van der Waals surface area contributed by atoms with Crippen LogP contribution in [0.1, 0.15) is 20.8 Å². The summed E-state index contributed by atoms with van der Waals surface area (Å²) in [6.07, 6.45) is 0. The van der Waals surface area contributed by atoms with E-state index in [0.29, 0.717) is 10.8 Å². The lowest BCUT2D eigenvalue weighted by Crippen LogP contribution is -2.49. The Balaban J connectivity index is 3.11. The van der Waals surface area contributed by atoms with Crippen molar-refractivity contribution in [2.75, 3.05) is 5.88 Å². The van der Waals surface area contributed by atoms with Gasteiger partial charge in [0.25, 0.3) is 0 Å². The van der Waals surface area contributed by atoms with E-state index in [2.05, 4.69) is 15.9 Å². The van der Waals surface area contributed by atoms with Crippen LogP contribution in [0.2, 0.25) is 5.02 Å². The maximum Gasteiger partial charge on any atom is 0.373 e. The fourth-order valence-electron chi connectivity index (χ4n) is 1.42. The zero-order chi connectivity index (χ0) is 16.3. The topological polar surface area (TPSA) is 52.6 Å². The van der Waals surface area contributed by atoms with Gasteiger partial charge in [0.2, 0.25) is 5.78 Å². The molecule has 0 fully saturated rings. The quantitative estimate of drug-likeness (QED) is 0.410. The highest BCUT2D eigenvalue weighted by Crippen LogP contribution is 2.35. The van der Waals surface area contributed by atoms with Gasteiger partial charge in [0.1, 0.15) is 5.75 Å². The van der Waals surface area contributed by atoms with Gasteiger partial charge in [-0.3, -0.25) is 9.59 Å². The lowest BCUT2D eigenvalue weighted by molar-refractivity contribution is -0.179. The van der Waals surface area contributed by atoms with E-state index in [1.807, 2.05) is 0 Å². The minimum Gasteiger partial charge on any atom is -0.437 e. The number of Topliss-reactive ketones (excluding diaryl/α,β-unsaturated/α-hetero) is 1. The van der Waals surface area contributed by atoms with Crippen molar-refractivity contribution in [3.63, 3.8) is 0 Å². The van der Waals surface area contributed by atoms with Gasteiger partial charge < -0.3 is 9.47 Å². The minimum atomic E-state index is -1.94. The molecule has 0 spiro atoms. The van der Waals surface area contributed by atoms with Gasteiger partial charge in [-0.05, 0) is 24.3 Å². The Hall–Kier alpha value is -0.780. The lowest BCUT2D eigenvalue weighted by atomic mass is 9.90. The first-order valence-corrected chi connectivity index (χ1v) is 7.75. The van der Waals surface area contributed by atoms with E-state index in [1.165, 1.54) is 6.92 Å². The first-order valence-electron chi connectivity index (χ1n) is 6.04. The summed E-state index contributed by atoms with van der Waals surface area (Å²) in [6.45, 7) is 4.45. The Bertz CT molecular complexity index is 530. The van der Waals surface area contributed by atoms with Crippen molar-refractivity contribution in [2.45, 2.75) is 25.5 Å². The largest absolute Gasteiger partial charge is 0.437 e. The second-order valence-electron chi connectivity index (χ2n) is 5.03. The molecule has 7 heteroatoms. The number of rotatable bonds is 6. The summed E-state index contributed by atoms with van der Waals surface area (Å²) in [6, 6.07) is 6.30. The Kier molecular flexibility index (Phi) is 6.08. The van der Waals surface area contributed by atoms with Gasteiger partial charge in [0.15, 0.2) is 0 Å². The van der Waals surface area contributed by atoms with Gasteiger partial charge in [-0.25, -0.2) is 0 Å². The number of alkyl halides is 2. The van der Waals surface area contributed by atoms with Crippen LogP contribution in [0, 0.1) is 5.41 Å². The van der Waals surface area contributed by atoms with Crippen molar-refractivity contribution in [3.05, 3.63) is 29.3 Å². The second kappa shape index (κ2) is 6.99. The molecule has 0 aliphatic rings. The summed E-state index contributed by atoms with van der Waals surface area (Å²) in [5, 5.41) is 0.516. The Morgan fingerprint density at radius 3 is 2.19 bits per heavy atom. The van der Waals surface area contributed by atoms with E-state index >= 15 is 0 Å². The molecule has 21 heavy (non-hydrogen) atoms. The molecule has 1 aromatic carbocycles. The van der Waals surface area contributed by atoms with Crippen LogP contribution in [-0.4, -0.2) is 22.3 Å². The first kappa shape index (κ1) is 18.3. The van der Waals surface area contributed by atoms with Gasteiger partial charge in [-0.15, -0.1) is 11.6 Å². The maximum atomic E-state index is 12.6. The minimum absolute atomic E-state index is 0.0461. The molecule has 0 N–H and O–H groups in total. The molecule has 0 aliphatic carbocycles. The van der Waals surface area contributed by atoms with Crippen LogP contribution in [0.4, 0.5) is 0 Å². The summed E-state index contributed by atoms with van der Waals surface area (Å²) in [7, 11) is 0. The average Bonchev–Trinajstić information content (AvgIpc) is 2.39. The molecule has 0 saturated heterocycles. The predicted molar refractivity (Wildman–Crippen MR) is 85.0 cm³/mol. The highest BCUT2D eigenvalue weighted by molar-refractivity contribution is 9.10. The molecule has 0 radical (unpaired) electrons. The highest BCUT2D eigenvalue weighted by atomic mass is 79.9. The van der Waals surface area contributed by atoms with Crippen molar-refractivity contribution in [1.82, 2.24) is 0 Å². The summed E-state index contributed by atoms with van der Waals surface area (Å²) in [4.78, 5) is 23.8. The summed E-state index contributed by atoms with van der Waals surface area (Å²) < 4.78 is 8.62. The van der Waals surface area contributed by atoms with Crippen LogP contribution in [0.25, 0.3) is 0 Å². The Labute approximate surface area is 141 Å². The zero-order valence-electron chi connectivity index (χ0n) is 11.8. The summed E-state index contributed by atoms with van der Waals surface area (Å²) >= 11 is 14.7. The second-order valence-corrected chi connectivity index (χ2v) is 6.78. The molecular weight excluding hydrogens is 383 g/mol. The smallest absolute Gasteiger partial charge is 0.373 e. The van der Waals surface area contributed by atoms with Crippen LogP contribution >= 0.6 is 39.1 Å². The van der Waals surface area contributed by atoms with Crippen molar-refractivity contribution in [3.8, 4) is 5.75 Å². The molecule has 1 atom stereocenters. The Morgan fingerprint density at radius 1 is 1.24 bits per heavy atom. The summed E-state index contributed by atoms with van der Waals surface area (Å²) in [5.41, 5.74) is -0.951. The van der Waals surface area contributed by atoms with E-state index in [0.717, 1.165) is 0 Å². The van der Waals surface area contributed by atoms with E-state index in [4.69, 9.17) is 32.7 Å². The molecule has 1 aromatic rings. The van der Waals surface area contributed by atoms with Crippen molar-refractivity contribution in [2.24, 2.45) is 5.41 Å². The van der Waals surface area contributed by atoms with Crippen LogP contribution in [0.5, 0.6) is 5.75 Å². The zero-order valence-corrected chi connectivity index (χ0v) is 14.9. The molecule has 0 saturated carbocycles. The van der Waals surface area contributed by atoms with Gasteiger partial charge in [0.05, 0.1) is 0 Å². The maximum absolute atomic E-state index is 12.6. The number of carbonyl (C=O) groups excluding carboxylic acids is 2. The number of halogens is 3. The Morgan fingerprint density at radius 2 is 1.76 bits per heavy atom. The summed E-state index contributed by atoms with van der Waals surface area (Å²) in [5.74, 6) is -0.810. The molecule has 4 nitrogen and oxygen atoms in total. The van der Waals surface area contributed by atoms with Crippen LogP contribution in [0.15, 0.2) is 24.3 Å². The van der Waals surface area contributed by atoms with E-state index in [1.54, 1.807) is 38.1 Å². The number of carbonyl (C=O) groups is 2. The first-order chi connectivity index (χ1) is 9.60. The van der Waals surface area contributed by atoms with E-state index in [-0.39, 0.29) is 5.88 Å². The molecule has 1 rings (SSSR count). The third-order valence-electron chi connectivity index (χ3n) is 2.56. The van der Waals surface area contributed by atoms with Crippen LogP contribution < -0.4 is 4.74 Å². The number of esters is 1. The standard InChI is InChI=1S/C14H15BrCl2O4/c1-9(18)20-14(15,12(19)13(2,3)8-16)21-11-6-4-10(17)5-7-11/h4-7H,8H2,1-3H3. The van der Waals surface area contributed by atoms with Crippen molar-refractivity contribution >= 4 is 50.9 Å². The third kappa shape index (κ3) is 4.87. The number of benzene rings is 1. The van der Waals surface area contributed by atoms with E-state index in [9.17, 15) is 9.59 Å². The van der Waals surface area contributed by atoms with Gasteiger partial charge >= 0.3 is 10.7 Å². The molecule has 0 amide bonds. The van der Waals surface area contributed by atoms with Crippen molar-refractivity contribution < 1.29 is 19.1 Å². The lowest BCUT2D eigenvalue weighted by Gasteiger charge is -2.32. The molecule has 116 valence electrons. The SMILES string of the molecule is CC(=O)OC(Br)(Oc1ccc(Cl)cc1)C(=O)C(C)(C)CCl. The van der Waals surface area contributed by atoms with Crippen LogP contribution in [0.3, 0.4) is 0 Å². The van der Waals surface area contributed by atoms with E-state index < -0.39 is 21.9 Å². The third-order valence-corrected chi connectivity index (χ3v) is 4.16. The normalized spacial score (nSPS) is 14.2.